The molecular weight excluding hydrogens is 260 g/mol. The highest BCUT2D eigenvalue weighted by molar-refractivity contribution is 5.61. The minimum atomic E-state index is 0.406. The standard InChI is InChI=1S/C17H24N4/c1-5-18-15-12-16(21(6-2)13(3)4)20-17(19-15)14-10-8-7-9-11-14/h7-13H,5-6H2,1-4H3,(H,18,19,20). The van der Waals surface area contributed by atoms with E-state index in [0.29, 0.717) is 6.04 Å². The second-order valence-corrected chi connectivity index (χ2v) is 5.21. The summed E-state index contributed by atoms with van der Waals surface area (Å²) in [7, 11) is 0. The summed E-state index contributed by atoms with van der Waals surface area (Å²) in [5.41, 5.74) is 1.04. The Morgan fingerprint density at radius 1 is 1.10 bits per heavy atom. The summed E-state index contributed by atoms with van der Waals surface area (Å²) < 4.78 is 0. The minimum absolute atomic E-state index is 0.406. The lowest BCUT2D eigenvalue weighted by atomic mass is 10.2. The van der Waals surface area contributed by atoms with Gasteiger partial charge in [-0.05, 0) is 27.7 Å². The Balaban J connectivity index is 2.48. The zero-order valence-electron chi connectivity index (χ0n) is 13.3. The average Bonchev–Trinajstić information content (AvgIpc) is 2.48. The number of anilines is 2. The molecule has 0 aliphatic rings. The third kappa shape index (κ3) is 3.72. The Bertz CT molecular complexity index is 566. The Hall–Kier alpha value is -2.10. The first kappa shape index (κ1) is 15.3. The van der Waals surface area contributed by atoms with Crippen LogP contribution in [0, 0.1) is 0 Å². The quantitative estimate of drug-likeness (QED) is 0.875. The van der Waals surface area contributed by atoms with Gasteiger partial charge in [0.15, 0.2) is 5.82 Å². The van der Waals surface area contributed by atoms with Gasteiger partial charge in [-0.3, -0.25) is 0 Å². The van der Waals surface area contributed by atoms with Crippen LogP contribution in [0.5, 0.6) is 0 Å². The van der Waals surface area contributed by atoms with Crippen molar-refractivity contribution in [2.45, 2.75) is 33.7 Å². The molecule has 0 fully saturated rings. The molecule has 1 aromatic carbocycles. The normalized spacial score (nSPS) is 10.7. The first-order valence-corrected chi connectivity index (χ1v) is 7.60. The maximum Gasteiger partial charge on any atom is 0.163 e. The van der Waals surface area contributed by atoms with Crippen LogP contribution in [0.3, 0.4) is 0 Å². The molecule has 0 radical (unpaired) electrons. The van der Waals surface area contributed by atoms with Gasteiger partial charge in [0, 0.05) is 30.8 Å². The molecule has 1 heterocycles. The van der Waals surface area contributed by atoms with Gasteiger partial charge >= 0.3 is 0 Å². The number of nitrogens with zero attached hydrogens (tertiary/aromatic N) is 3. The van der Waals surface area contributed by atoms with E-state index in [1.165, 1.54) is 0 Å². The molecule has 4 heteroatoms. The Morgan fingerprint density at radius 2 is 1.81 bits per heavy atom. The van der Waals surface area contributed by atoms with Crippen LogP contribution in [0.15, 0.2) is 36.4 Å². The fourth-order valence-electron chi connectivity index (χ4n) is 2.36. The van der Waals surface area contributed by atoms with Crippen LogP contribution in [0.1, 0.15) is 27.7 Å². The van der Waals surface area contributed by atoms with Crippen molar-refractivity contribution in [2.75, 3.05) is 23.3 Å². The number of hydrogen-bond acceptors (Lipinski definition) is 4. The summed E-state index contributed by atoms with van der Waals surface area (Å²) in [6.45, 7) is 10.4. The van der Waals surface area contributed by atoms with Crippen molar-refractivity contribution in [1.82, 2.24) is 9.97 Å². The maximum atomic E-state index is 4.75. The molecule has 0 saturated carbocycles. The minimum Gasteiger partial charge on any atom is -0.370 e. The molecule has 0 unspecified atom stereocenters. The van der Waals surface area contributed by atoms with Gasteiger partial charge < -0.3 is 10.2 Å². The third-order valence-corrected chi connectivity index (χ3v) is 3.36. The second-order valence-electron chi connectivity index (χ2n) is 5.21. The average molecular weight is 284 g/mol. The van der Waals surface area contributed by atoms with E-state index < -0.39 is 0 Å². The van der Waals surface area contributed by atoms with E-state index in [0.717, 1.165) is 36.1 Å². The van der Waals surface area contributed by atoms with Crippen molar-refractivity contribution >= 4 is 11.6 Å². The van der Waals surface area contributed by atoms with Gasteiger partial charge in [-0.25, -0.2) is 9.97 Å². The zero-order chi connectivity index (χ0) is 15.2. The Kier molecular flexibility index (Phi) is 5.14. The molecule has 21 heavy (non-hydrogen) atoms. The van der Waals surface area contributed by atoms with Crippen molar-refractivity contribution in [3.8, 4) is 11.4 Å². The van der Waals surface area contributed by atoms with Crippen LogP contribution in [0.25, 0.3) is 11.4 Å². The molecule has 0 spiro atoms. The SMILES string of the molecule is CCNc1cc(N(CC)C(C)C)nc(-c2ccccc2)n1. The highest BCUT2D eigenvalue weighted by Crippen LogP contribution is 2.23. The van der Waals surface area contributed by atoms with Crippen LogP contribution in [-0.4, -0.2) is 29.1 Å². The highest BCUT2D eigenvalue weighted by atomic mass is 15.2. The molecule has 2 aromatic rings. The Morgan fingerprint density at radius 3 is 2.38 bits per heavy atom. The lowest BCUT2D eigenvalue weighted by molar-refractivity contribution is 0.693. The van der Waals surface area contributed by atoms with Gasteiger partial charge in [0.2, 0.25) is 0 Å². The van der Waals surface area contributed by atoms with Crippen LogP contribution in [0.4, 0.5) is 11.6 Å². The maximum absolute atomic E-state index is 4.75. The molecule has 1 N–H and O–H groups in total. The monoisotopic (exact) mass is 284 g/mol. The van der Waals surface area contributed by atoms with Crippen LogP contribution in [0.2, 0.25) is 0 Å². The Labute approximate surface area is 127 Å². The number of hydrogen-bond donors (Lipinski definition) is 1. The zero-order valence-corrected chi connectivity index (χ0v) is 13.3. The number of nitrogens with one attached hydrogen (secondary N) is 1. The van der Waals surface area contributed by atoms with E-state index in [2.05, 4.69) is 42.9 Å². The van der Waals surface area contributed by atoms with E-state index in [1.807, 2.05) is 36.4 Å². The molecule has 4 nitrogen and oxygen atoms in total. The van der Waals surface area contributed by atoms with E-state index in [4.69, 9.17) is 4.98 Å². The first-order chi connectivity index (χ1) is 10.2. The summed E-state index contributed by atoms with van der Waals surface area (Å²) in [6.07, 6.45) is 0. The number of benzene rings is 1. The molecule has 1 aromatic heterocycles. The summed E-state index contributed by atoms with van der Waals surface area (Å²) >= 11 is 0. The number of rotatable bonds is 6. The van der Waals surface area contributed by atoms with Gasteiger partial charge in [-0.1, -0.05) is 30.3 Å². The smallest absolute Gasteiger partial charge is 0.163 e. The van der Waals surface area contributed by atoms with Crippen LogP contribution < -0.4 is 10.2 Å². The van der Waals surface area contributed by atoms with Crippen molar-refractivity contribution in [3.05, 3.63) is 36.4 Å². The molecule has 0 bridgehead atoms. The van der Waals surface area contributed by atoms with Crippen molar-refractivity contribution < 1.29 is 0 Å². The molecule has 0 saturated heterocycles. The van der Waals surface area contributed by atoms with Crippen molar-refractivity contribution in [3.63, 3.8) is 0 Å². The van der Waals surface area contributed by atoms with Crippen molar-refractivity contribution in [2.24, 2.45) is 0 Å². The lowest BCUT2D eigenvalue weighted by Gasteiger charge is -2.27. The van der Waals surface area contributed by atoms with Crippen molar-refractivity contribution in [1.29, 1.82) is 0 Å². The summed E-state index contributed by atoms with van der Waals surface area (Å²) in [5.74, 6) is 2.61. The summed E-state index contributed by atoms with van der Waals surface area (Å²) in [5, 5.41) is 3.30. The number of aromatic nitrogens is 2. The van der Waals surface area contributed by atoms with Gasteiger partial charge in [0.1, 0.15) is 11.6 Å². The van der Waals surface area contributed by atoms with E-state index in [9.17, 15) is 0 Å². The van der Waals surface area contributed by atoms with E-state index >= 15 is 0 Å². The fraction of sp³-hybridized carbons (Fsp3) is 0.412. The molecular formula is C17H24N4. The van der Waals surface area contributed by atoms with Gasteiger partial charge in [-0.2, -0.15) is 0 Å². The van der Waals surface area contributed by atoms with Gasteiger partial charge in [-0.15, -0.1) is 0 Å². The second kappa shape index (κ2) is 7.07. The van der Waals surface area contributed by atoms with Gasteiger partial charge in [0.25, 0.3) is 0 Å². The first-order valence-electron chi connectivity index (χ1n) is 7.60. The largest absolute Gasteiger partial charge is 0.370 e. The van der Waals surface area contributed by atoms with E-state index in [-0.39, 0.29) is 0 Å². The van der Waals surface area contributed by atoms with Crippen LogP contribution >= 0.6 is 0 Å². The van der Waals surface area contributed by atoms with E-state index in [1.54, 1.807) is 0 Å². The summed E-state index contributed by atoms with van der Waals surface area (Å²) in [4.78, 5) is 11.6. The van der Waals surface area contributed by atoms with Gasteiger partial charge in [0.05, 0.1) is 0 Å². The predicted octanol–water partition coefficient (Wildman–Crippen LogP) is 3.81. The molecule has 0 aliphatic carbocycles. The fourth-order valence-corrected chi connectivity index (χ4v) is 2.36. The molecule has 2 rings (SSSR count). The van der Waals surface area contributed by atoms with Crippen LogP contribution in [-0.2, 0) is 0 Å². The molecule has 0 amide bonds. The molecule has 0 atom stereocenters. The highest BCUT2D eigenvalue weighted by Gasteiger charge is 2.13. The predicted molar refractivity (Wildman–Crippen MR) is 89.8 cm³/mol. The molecule has 0 aliphatic heterocycles. The third-order valence-electron chi connectivity index (χ3n) is 3.36. The molecule has 112 valence electrons. The lowest BCUT2D eigenvalue weighted by Crippen LogP contribution is -2.31. The summed E-state index contributed by atoms with van der Waals surface area (Å²) in [6, 6.07) is 12.5. The topological polar surface area (TPSA) is 41.0 Å².